The molecule has 37 heavy (non-hydrogen) atoms. The first kappa shape index (κ1) is 25.6. The Kier molecular flexibility index (Phi) is 6.68. The van der Waals surface area contributed by atoms with Crippen LogP contribution in [0.4, 0.5) is 13.2 Å². The van der Waals surface area contributed by atoms with Crippen molar-refractivity contribution in [1.82, 2.24) is 29.8 Å². The fourth-order valence-corrected chi connectivity index (χ4v) is 5.18. The highest BCUT2D eigenvalue weighted by Crippen LogP contribution is 2.40. The lowest BCUT2D eigenvalue weighted by Crippen LogP contribution is -2.40. The molecule has 5 rings (SSSR count). The number of rotatable bonds is 6. The molecule has 4 heterocycles. The van der Waals surface area contributed by atoms with Crippen molar-refractivity contribution in [1.29, 1.82) is 0 Å². The lowest BCUT2D eigenvalue weighted by Gasteiger charge is -2.30. The molecule has 0 aliphatic carbocycles. The summed E-state index contributed by atoms with van der Waals surface area (Å²) in [5.41, 5.74) is 2.91. The molecule has 2 N–H and O–H groups in total. The third-order valence-corrected chi connectivity index (χ3v) is 6.94. The first-order valence-electron chi connectivity index (χ1n) is 12.5. The van der Waals surface area contributed by atoms with E-state index in [2.05, 4.69) is 36.3 Å². The lowest BCUT2D eigenvalue weighted by molar-refractivity contribution is -0.184. The molecule has 1 fully saturated rings. The first-order chi connectivity index (χ1) is 17.6. The topological polar surface area (TPSA) is 78.6 Å². The second kappa shape index (κ2) is 9.66. The van der Waals surface area contributed by atoms with E-state index in [1.54, 1.807) is 10.5 Å². The molecule has 10 heteroatoms. The van der Waals surface area contributed by atoms with Crippen LogP contribution in [0.2, 0.25) is 0 Å². The summed E-state index contributed by atoms with van der Waals surface area (Å²) in [7, 11) is 0. The Morgan fingerprint density at radius 3 is 2.62 bits per heavy atom. The Bertz CT molecular complexity index is 1410. The number of fused-ring (bicyclic) bond motifs is 2. The van der Waals surface area contributed by atoms with Crippen molar-refractivity contribution in [2.45, 2.75) is 50.9 Å². The Morgan fingerprint density at radius 2 is 1.89 bits per heavy atom. The van der Waals surface area contributed by atoms with Gasteiger partial charge in [-0.3, -0.25) is 9.30 Å². The normalized spacial score (nSPS) is 18.2. The highest BCUT2D eigenvalue weighted by molar-refractivity contribution is 5.84. The van der Waals surface area contributed by atoms with Gasteiger partial charge in [-0.05, 0) is 35.1 Å². The predicted octanol–water partition coefficient (Wildman–Crippen LogP) is 4.50. The van der Waals surface area contributed by atoms with Gasteiger partial charge in [-0.25, -0.2) is 4.98 Å². The smallest absolute Gasteiger partial charge is 0.395 e. The van der Waals surface area contributed by atoms with E-state index >= 15 is 0 Å². The summed E-state index contributed by atoms with van der Waals surface area (Å²) in [5.74, 6) is 0.396. The third kappa shape index (κ3) is 5.05. The van der Waals surface area contributed by atoms with Gasteiger partial charge in [-0.1, -0.05) is 51.1 Å². The van der Waals surface area contributed by atoms with E-state index < -0.39 is 12.2 Å². The van der Waals surface area contributed by atoms with Gasteiger partial charge in [0.1, 0.15) is 11.7 Å². The number of hydrogen-bond acceptors (Lipinski definition) is 6. The Morgan fingerprint density at radius 1 is 1.08 bits per heavy atom. The zero-order chi connectivity index (χ0) is 26.4. The number of halogens is 3. The molecule has 196 valence electrons. The standard InChI is InChI=1S/C27H31F3N6O/c1-26(2,3)20-6-4-5-17-7-9-21(32-23(17)20)25-34-33-22-10-8-18(15-36(22)25)24(27(28,29)30)35-13-11-19(16-35)31-12-14-37/h4-10,15,19,24,31,37H,11-14,16H2,1-3H3. The van der Waals surface area contributed by atoms with Gasteiger partial charge >= 0.3 is 6.18 Å². The molecule has 0 amide bonds. The Hall–Kier alpha value is -3.08. The molecule has 1 aliphatic heterocycles. The second-order valence-corrected chi connectivity index (χ2v) is 10.6. The highest BCUT2D eigenvalue weighted by Gasteiger charge is 2.46. The van der Waals surface area contributed by atoms with Crippen LogP contribution in [0.3, 0.4) is 0 Å². The fourth-order valence-electron chi connectivity index (χ4n) is 5.18. The van der Waals surface area contributed by atoms with Crippen molar-refractivity contribution in [2.24, 2.45) is 0 Å². The minimum atomic E-state index is -4.46. The molecule has 7 nitrogen and oxygen atoms in total. The maximum Gasteiger partial charge on any atom is 0.408 e. The molecule has 1 aliphatic rings. The predicted molar refractivity (Wildman–Crippen MR) is 136 cm³/mol. The minimum absolute atomic E-state index is 0.0493. The van der Waals surface area contributed by atoms with Gasteiger partial charge in [-0.15, -0.1) is 10.2 Å². The summed E-state index contributed by atoms with van der Waals surface area (Å²) in [5, 5.41) is 21.6. The maximum atomic E-state index is 14.4. The molecular weight excluding hydrogens is 481 g/mol. The van der Waals surface area contributed by atoms with Crippen LogP contribution in [0.15, 0.2) is 48.7 Å². The molecular formula is C27H31F3N6O. The summed E-state index contributed by atoms with van der Waals surface area (Å²) in [4.78, 5) is 6.34. The van der Waals surface area contributed by atoms with E-state index in [0.717, 1.165) is 16.5 Å². The van der Waals surface area contributed by atoms with Crippen LogP contribution < -0.4 is 5.32 Å². The maximum absolute atomic E-state index is 14.4. The van der Waals surface area contributed by atoms with E-state index in [9.17, 15) is 13.2 Å². The molecule has 3 aromatic heterocycles. The van der Waals surface area contributed by atoms with Gasteiger partial charge in [0.25, 0.3) is 0 Å². The van der Waals surface area contributed by atoms with Gasteiger partial charge in [-0.2, -0.15) is 13.2 Å². The van der Waals surface area contributed by atoms with E-state index in [1.165, 1.54) is 17.2 Å². The molecule has 0 radical (unpaired) electrons. The molecule has 1 aromatic carbocycles. The van der Waals surface area contributed by atoms with Crippen LogP contribution >= 0.6 is 0 Å². The molecule has 0 saturated carbocycles. The van der Waals surface area contributed by atoms with Gasteiger partial charge in [0.05, 0.1) is 12.1 Å². The fraction of sp³-hybridized carbons (Fsp3) is 0.444. The van der Waals surface area contributed by atoms with Crippen molar-refractivity contribution in [3.8, 4) is 11.5 Å². The molecule has 0 bridgehead atoms. The van der Waals surface area contributed by atoms with Crippen LogP contribution in [0.25, 0.3) is 28.1 Å². The number of aliphatic hydroxyl groups is 1. The summed E-state index contributed by atoms with van der Waals surface area (Å²) >= 11 is 0. The van der Waals surface area contributed by atoms with Crippen LogP contribution in [-0.2, 0) is 5.41 Å². The van der Waals surface area contributed by atoms with Gasteiger partial charge in [0.15, 0.2) is 11.5 Å². The van der Waals surface area contributed by atoms with Crippen molar-refractivity contribution in [3.05, 3.63) is 59.8 Å². The number of benzene rings is 1. The zero-order valence-electron chi connectivity index (χ0n) is 21.1. The van der Waals surface area contributed by atoms with E-state index in [-0.39, 0.29) is 30.2 Å². The van der Waals surface area contributed by atoms with Gasteiger partial charge in [0, 0.05) is 37.3 Å². The average Bonchev–Trinajstić information content (AvgIpc) is 3.47. The molecule has 2 unspecified atom stereocenters. The van der Waals surface area contributed by atoms with Crippen LogP contribution in [0.1, 0.15) is 44.4 Å². The quantitative estimate of drug-likeness (QED) is 0.396. The van der Waals surface area contributed by atoms with Crippen molar-refractivity contribution < 1.29 is 18.3 Å². The van der Waals surface area contributed by atoms with Crippen LogP contribution in [0.5, 0.6) is 0 Å². The zero-order valence-corrected chi connectivity index (χ0v) is 21.1. The third-order valence-electron chi connectivity index (χ3n) is 6.94. The molecule has 1 saturated heterocycles. The van der Waals surface area contributed by atoms with E-state index in [4.69, 9.17) is 10.1 Å². The number of nitrogens with one attached hydrogen (secondary N) is 1. The number of hydrogen-bond donors (Lipinski definition) is 2. The molecule has 2 atom stereocenters. The summed E-state index contributed by atoms with van der Waals surface area (Å²) < 4.78 is 44.7. The van der Waals surface area contributed by atoms with Crippen LogP contribution in [0, 0.1) is 0 Å². The van der Waals surface area contributed by atoms with Crippen molar-refractivity contribution in [3.63, 3.8) is 0 Å². The Labute approximate surface area is 213 Å². The SMILES string of the molecule is CC(C)(C)c1cccc2ccc(-c3nnc4ccc(C(N5CCC(NCCO)C5)C(F)(F)F)cn34)nc12. The number of likely N-dealkylation sites (tertiary alicyclic amines) is 1. The first-order valence-corrected chi connectivity index (χ1v) is 12.5. The number of nitrogens with zero attached hydrogens (tertiary/aromatic N) is 5. The summed E-state index contributed by atoms with van der Waals surface area (Å²) in [6.45, 7) is 7.23. The largest absolute Gasteiger partial charge is 0.408 e. The number of pyridine rings is 2. The number of para-hydroxylation sites is 1. The van der Waals surface area contributed by atoms with E-state index in [1.807, 2.05) is 30.3 Å². The molecule has 0 spiro atoms. The number of aromatic nitrogens is 4. The lowest BCUT2D eigenvalue weighted by atomic mass is 9.85. The van der Waals surface area contributed by atoms with Gasteiger partial charge in [0.2, 0.25) is 0 Å². The highest BCUT2D eigenvalue weighted by atomic mass is 19.4. The molecule has 4 aromatic rings. The minimum Gasteiger partial charge on any atom is -0.395 e. The van der Waals surface area contributed by atoms with Crippen molar-refractivity contribution >= 4 is 16.6 Å². The van der Waals surface area contributed by atoms with Crippen LogP contribution in [-0.4, -0.2) is 68.0 Å². The summed E-state index contributed by atoms with van der Waals surface area (Å²) in [6, 6.07) is 11.0. The van der Waals surface area contributed by atoms with Gasteiger partial charge < -0.3 is 10.4 Å². The number of aliphatic hydroxyl groups excluding tert-OH is 1. The van der Waals surface area contributed by atoms with E-state index in [0.29, 0.717) is 36.7 Å². The monoisotopic (exact) mass is 512 g/mol. The average molecular weight is 513 g/mol. The summed E-state index contributed by atoms with van der Waals surface area (Å²) in [6.07, 6.45) is -2.39. The van der Waals surface area contributed by atoms with Crippen molar-refractivity contribution in [2.75, 3.05) is 26.2 Å². The second-order valence-electron chi connectivity index (χ2n) is 10.6. The Balaban J connectivity index is 1.55. The number of alkyl halides is 3.